The maximum atomic E-state index is 12.3. The van der Waals surface area contributed by atoms with Crippen LogP contribution in [0.25, 0.3) is 22.3 Å². The van der Waals surface area contributed by atoms with Crippen LogP contribution in [0.1, 0.15) is 16.7 Å². The Kier molecular flexibility index (Phi) is 3.03. The van der Waals surface area contributed by atoms with Gasteiger partial charge in [0.05, 0.1) is 10.9 Å². The molecule has 0 N–H and O–H groups in total. The summed E-state index contributed by atoms with van der Waals surface area (Å²) in [7, 11) is 0. The molecule has 0 saturated heterocycles. The van der Waals surface area contributed by atoms with Crippen molar-refractivity contribution in [3.05, 3.63) is 63.6 Å². The van der Waals surface area contributed by atoms with Gasteiger partial charge in [-0.25, -0.2) is 0 Å². The quantitative estimate of drug-likeness (QED) is 0.683. The average Bonchev–Trinajstić information content (AvgIpc) is 2.50. The van der Waals surface area contributed by atoms with Gasteiger partial charge in [0.2, 0.25) is 0 Å². The van der Waals surface area contributed by atoms with Gasteiger partial charge in [0, 0.05) is 24.0 Å². The highest BCUT2D eigenvalue weighted by Crippen LogP contribution is 2.27. The lowest BCUT2D eigenvalue weighted by Crippen LogP contribution is -2.03. The van der Waals surface area contributed by atoms with E-state index in [1.807, 2.05) is 13.8 Å². The monoisotopic (exact) mass is 276 g/mol. The normalized spacial score (nSPS) is 10.5. The van der Waals surface area contributed by atoms with Crippen molar-refractivity contribution in [1.82, 2.24) is 4.98 Å². The number of nitrogens with zero attached hydrogens (tertiary/aromatic N) is 2. The summed E-state index contributed by atoms with van der Waals surface area (Å²) >= 11 is 0. The van der Waals surface area contributed by atoms with Gasteiger partial charge in [-0.05, 0) is 43.2 Å². The van der Waals surface area contributed by atoms with Gasteiger partial charge in [0.25, 0.3) is 0 Å². The molecule has 2 aromatic heterocycles. The second-order valence-electron chi connectivity index (χ2n) is 4.89. The van der Waals surface area contributed by atoms with Crippen LogP contribution in [-0.4, -0.2) is 4.98 Å². The van der Waals surface area contributed by atoms with E-state index in [0.717, 1.165) is 16.7 Å². The minimum absolute atomic E-state index is 0.150. The van der Waals surface area contributed by atoms with Crippen LogP contribution in [-0.2, 0) is 0 Å². The Morgan fingerprint density at radius 3 is 2.57 bits per heavy atom. The number of nitriles is 1. The summed E-state index contributed by atoms with van der Waals surface area (Å²) < 4.78 is 5.84. The zero-order valence-corrected chi connectivity index (χ0v) is 11.7. The Morgan fingerprint density at radius 2 is 1.90 bits per heavy atom. The summed E-state index contributed by atoms with van der Waals surface area (Å²) in [6.45, 7) is 3.73. The molecule has 0 spiro atoms. The summed E-state index contributed by atoms with van der Waals surface area (Å²) in [4.78, 5) is 16.3. The van der Waals surface area contributed by atoms with Gasteiger partial charge in [-0.15, -0.1) is 0 Å². The average molecular weight is 276 g/mol. The fourth-order valence-electron chi connectivity index (χ4n) is 2.31. The SMILES string of the molecule is Cc1cc2c(=O)cc(-c3ccncc3)oc2c(C#N)c1C. The molecule has 0 bridgehead atoms. The predicted octanol–water partition coefficient (Wildman–Crippen LogP) is 3.34. The number of hydrogen-bond donors (Lipinski definition) is 0. The maximum absolute atomic E-state index is 12.3. The van der Waals surface area contributed by atoms with Crippen LogP contribution in [0.15, 0.2) is 45.9 Å². The third kappa shape index (κ3) is 2.09. The molecule has 0 aliphatic carbocycles. The zero-order valence-electron chi connectivity index (χ0n) is 11.7. The Bertz CT molecular complexity index is 935. The van der Waals surface area contributed by atoms with E-state index in [9.17, 15) is 10.1 Å². The van der Waals surface area contributed by atoms with Crippen molar-refractivity contribution in [2.45, 2.75) is 13.8 Å². The van der Waals surface area contributed by atoms with Gasteiger partial charge in [-0.1, -0.05) is 0 Å². The van der Waals surface area contributed by atoms with E-state index < -0.39 is 0 Å². The fraction of sp³-hybridized carbons (Fsp3) is 0.118. The number of aryl methyl sites for hydroxylation is 1. The van der Waals surface area contributed by atoms with Crippen molar-refractivity contribution >= 4 is 11.0 Å². The molecule has 1 aromatic carbocycles. The summed E-state index contributed by atoms with van der Waals surface area (Å²) in [6.07, 6.45) is 3.26. The molecule has 0 aliphatic heterocycles. The van der Waals surface area contributed by atoms with Gasteiger partial charge in [-0.2, -0.15) is 5.26 Å². The number of fused-ring (bicyclic) bond motifs is 1. The molecular formula is C17H12N2O2. The molecule has 102 valence electrons. The van der Waals surface area contributed by atoms with Gasteiger partial charge in [-0.3, -0.25) is 9.78 Å². The lowest BCUT2D eigenvalue weighted by atomic mass is 10.00. The smallest absolute Gasteiger partial charge is 0.193 e. The van der Waals surface area contributed by atoms with Crippen molar-refractivity contribution in [2.24, 2.45) is 0 Å². The number of benzene rings is 1. The van der Waals surface area contributed by atoms with E-state index in [2.05, 4.69) is 11.1 Å². The molecule has 0 amide bonds. The van der Waals surface area contributed by atoms with Crippen molar-refractivity contribution < 1.29 is 4.42 Å². The number of rotatable bonds is 1. The van der Waals surface area contributed by atoms with E-state index in [-0.39, 0.29) is 5.43 Å². The lowest BCUT2D eigenvalue weighted by Gasteiger charge is -2.08. The van der Waals surface area contributed by atoms with Gasteiger partial charge in [0.1, 0.15) is 11.8 Å². The standard InChI is InChI=1S/C17H12N2O2/c1-10-7-13-15(20)8-16(12-3-5-19-6-4-12)21-17(13)14(9-18)11(10)2/h3-8H,1-2H3. The first-order valence-electron chi connectivity index (χ1n) is 6.50. The molecular weight excluding hydrogens is 264 g/mol. The Balaban J connectivity index is 2.42. The van der Waals surface area contributed by atoms with E-state index in [1.165, 1.54) is 6.07 Å². The number of aromatic nitrogens is 1. The molecule has 3 rings (SSSR count). The summed E-state index contributed by atoms with van der Waals surface area (Å²) in [5, 5.41) is 9.81. The predicted molar refractivity (Wildman–Crippen MR) is 79.9 cm³/mol. The van der Waals surface area contributed by atoms with Crippen molar-refractivity contribution in [1.29, 1.82) is 5.26 Å². The highest BCUT2D eigenvalue weighted by Gasteiger charge is 2.14. The van der Waals surface area contributed by atoms with E-state index in [0.29, 0.717) is 22.3 Å². The molecule has 2 heterocycles. The second kappa shape index (κ2) is 4.88. The molecule has 0 radical (unpaired) electrons. The first-order valence-corrected chi connectivity index (χ1v) is 6.50. The van der Waals surface area contributed by atoms with Crippen LogP contribution in [0.3, 0.4) is 0 Å². The van der Waals surface area contributed by atoms with Gasteiger partial charge < -0.3 is 4.42 Å². The molecule has 4 heteroatoms. The van der Waals surface area contributed by atoms with E-state index in [1.54, 1.807) is 30.6 Å². The van der Waals surface area contributed by atoms with Crippen LogP contribution >= 0.6 is 0 Å². The van der Waals surface area contributed by atoms with Gasteiger partial charge >= 0.3 is 0 Å². The molecule has 0 atom stereocenters. The molecule has 4 nitrogen and oxygen atoms in total. The zero-order chi connectivity index (χ0) is 15.0. The highest BCUT2D eigenvalue weighted by atomic mass is 16.3. The maximum Gasteiger partial charge on any atom is 0.193 e. The third-order valence-corrected chi connectivity index (χ3v) is 3.62. The fourth-order valence-corrected chi connectivity index (χ4v) is 2.31. The number of hydrogen-bond acceptors (Lipinski definition) is 4. The molecule has 0 fully saturated rings. The van der Waals surface area contributed by atoms with Crippen LogP contribution in [0.4, 0.5) is 0 Å². The molecule has 0 unspecified atom stereocenters. The van der Waals surface area contributed by atoms with Crippen molar-refractivity contribution in [3.8, 4) is 17.4 Å². The van der Waals surface area contributed by atoms with Crippen LogP contribution in [0.5, 0.6) is 0 Å². The number of pyridine rings is 1. The third-order valence-electron chi connectivity index (χ3n) is 3.62. The van der Waals surface area contributed by atoms with Crippen LogP contribution in [0, 0.1) is 25.2 Å². The van der Waals surface area contributed by atoms with Crippen molar-refractivity contribution in [2.75, 3.05) is 0 Å². The van der Waals surface area contributed by atoms with Crippen LogP contribution in [0.2, 0.25) is 0 Å². The Morgan fingerprint density at radius 1 is 1.19 bits per heavy atom. The summed E-state index contributed by atoms with van der Waals surface area (Å²) in [5.41, 5.74) is 3.11. The largest absolute Gasteiger partial charge is 0.454 e. The molecule has 21 heavy (non-hydrogen) atoms. The topological polar surface area (TPSA) is 66.9 Å². The van der Waals surface area contributed by atoms with Gasteiger partial charge in [0.15, 0.2) is 11.0 Å². The van der Waals surface area contributed by atoms with E-state index in [4.69, 9.17) is 4.42 Å². The Labute approximate surface area is 121 Å². The first-order chi connectivity index (χ1) is 10.1. The second-order valence-corrected chi connectivity index (χ2v) is 4.89. The minimum Gasteiger partial charge on any atom is -0.454 e. The minimum atomic E-state index is -0.150. The highest BCUT2D eigenvalue weighted by molar-refractivity contribution is 5.86. The van der Waals surface area contributed by atoms with E-state index >= 15 is 0 Å². The lowest BCUT2D eigenvalue weighted by molar-refractivity contribution is 0.617. The van der Waals surface area contributed by atoms with Crippen molar-refractivity contribution in [3.63, 3.8) is 0 Å². The summed E-state index contributed by atoms with van der Waals surface area (Å²) in [5.74, 6) is 0.439. The molecule has 0 aliphatic rings. The molecule has 0 saturated carbocycles. The Hall–Kier alpha value is -2.93. The first kappa shape index (κ1) is 13.1. The van der Waals surface area contributed by atoms with Crippen LogP contribution < -0.4 is 5.43 Å². The molecule has 3 aromatic rings. The summed E-state index contributed by atoms with van der Waals surface area (Å²) in [6, 6.07) is 8.89.